The molecule has 3 N–H and O–H groups in total. The van der Waals surface area contributed by atoms with E-state index in [0.29, 0.717) is 0 Å². The van der Waals surface area contributed by atoms with Gasteiger partial charge in [-0.25, -0.2) is 0 Å². The Bertz CT molecular complexity index is 192. The lowest BCUT2D eigenvalue weighted by Crippen LogP contribution is -2.57. The zero-order chi connectivity index (χ0) is 12.0. The fraction of sp³-hybridized carbons (Fsp3) is 1.00. The van der Waals surface area contributed by atoms with Crippen LogP contribution in [-0.2, 0) is 0 Å². The normalized spacial score (nSPS) is 30.9. The average molecular weight is 228 g/mol. The third-order valence-electron chi connectivity index (χ3n) is 3.98. The maximum absolute atomic E-state index is 9.19. The average Bonchev–Trinajstić information content (AvgIpc) is 2.28. The Morgan fingerprint density at radius 2 is 2.19 bits per heavy atom. The quantitative estimate of drug-likeness (QED) is 0.726. The highest BCUT2D eigenvalue weighted by molar-refractivity contribution is 4.95. The van der Waals surface area contributed by atoms with Crippen LogP contribution in [0.2, 0.25) is 0 Å². The minimum absolute atomic E-state index is 0.163. The van der Waals surface area contributed by atoms with E-state index in [1.165, 1.54) is 25.7 Å². The third-order valence-corrected chi connectivity index (χ3v) is 3.98. The molecule has 0 saturated heterocycles. The van der Waals surface area contributed by atoms with Crippen molar-refractivity contribution >= 4 is 0 Å². The second-order valence-corrected chi connectivity index (χ2v) is 5.34. The van der Waals surface area contributed by atoms with Crippen LogP contribution in [0.1, 0.15) is 46.0 Å². The van der Waals surface area contributed by atoms with Gasteiger partial charge >= 0.3 is 0 Å². The Morgan fingerprint density at radius 3 is 2.69 bits per heavy atom. The number of aliphatic hydroxyl groups excluding tert-OH is 1. The minimum Gasteiger partial charge on any atom is -0.395 e. The van der Waals surface area contributed by atoms with Gasteiger partial charge in [0, 0.05) is 18.6 Å². The van der Waals surface area contributed by atoms with Crippen molar-refractivity contribution < 1.29 is 5.11 Å². The van der Waals surface area contributed by atoms with Gasteiger partial charge in [-0.1, -0.05) is 26.7 Å². The first-order valence-corrected chi connectivity index (χ1v) is 6.74. The van der Waals surface area contributed by atoms with E-state index in [4.69, 9.17) is 5.73 Å². The van der Waals surface area contributed by atoms with Gasteiger partial charge in [-0.05, 0) is 31.7 Å². The SMILES string of the molecule is CCCN(CCO)C1(CN)CCCC(C)C1. The molecule has 0 aromatic rings. The van der Waals surface area contributed by atoms with Crippen LogP contribution in [0.3, 0.4) is 0 Å². The fourth-order valence-electron chi connectivity index (χ4n) is 3.21. The highest BCUT2D eigenvalue weighted by Gasteiger charge is 2.38. The number of nitrogens with zero attached hydrogens (tertiary/aromatic N) is 1. The molecule has 16 heavy (non-hydrogen) atoms. The van der Waals surface area contributed by atoms with Crippen molar-refractivity contribution in [1.82, 2.24) is 4.90 Å². The highest BCUT2D eigenvalue weighted by atomic mass is 16.3. The molecule has 0 amide bonds. The molecule has 0 aliphatic heterocycles. The maximum atomic E-state index is 9.19. The first kappa shape index (κ1) is 13.9. The lowest BCUT2D eigenvalue weighted by molar-refractivity contribution is 0.0263. The number of hydrogen-bond acceptors (Lipinski definition) is 3. The number of aliphatic hydroxyl groups is 1. The van der Waals surface area contributed by atoms with Gasteiger partial charge in [0.2, 0.25) is 0 Å². The number of hydrogen-bond donors (Lipinski definition) is 2. The molecular weight excluding hydrogens is 200 g/mol. The summed E-state index contributed by atoms with van der Waals surface area (Å²) < 4.78 is 0. The monoisotopic (exact) mass is 228 g/mol. The summed E-state index contributed by atoms with van der Waals surface area (Å²) in [4.78, 5) is 2.43. The van der Waals surface area contributed by atoms with E-state index in [1.807, 2.05) is 0 Å². The van der Waals surface area contributed by atoms with Crippen LogP contribution in [0, 0.1) is 5.92 Å². The lowest BCUT2D eigenvalue weighted by Gasteiger charge is -2.47. The predicted octanol–water partition coefficient (Wildman–Crippen LogP) is 1.60. The Balaban J connectivity index is 2.72. The molecule has 1 aliphatic carbocycles. The largest absolute Gasteiger partial charge is 0.395 e. The van der Waals surface area contributed by atoms with Gasteiger partial charge in [-0.2, -0.15) is 0 Å². The summed E-state index contributed by atoms with van der Waals surface area (Å²) in [5.74, 6) is 0.773. The zero-order valence-electron chi connectivity index (χ0n) is 10.9. The number of nitrogens with two attached hydrogens (primary N) is 1. The van der Waals surface area contributed by atoms with E-state index in [-0.39, 0.29) is 12.1 Å². The minimum atomic E-state index is 0.163. The van der Waals surface area contributed by atoms with Crippen molar-refractivity contribution in [2.45, 2.75) is 51.5 Å². The molecule has 2 unspecified atom stereocenters. The van der Waals surface area contributed by atoms with Crippen molar-refractivity contribution in [2.24, 2.45) is 11.7 Å². The van der Waals surface area contributed by atoms with Crippen LogP contribution in [0.25, 0.3) is 0 Å². The molecule has 3 heteroatoms. The van der Waals surface area contributed by atoms with Gasteiger partial charge in [0.25, 0.3) is 0 Å². The Morgan fingerprint density at radius 1 is 1.44 bits per heavy atom. The van der Waals surface area contributed by atoms with E-state index in [1.54, 1.807) is 0 Å². The summed E-state index contributed by atoms with van der Waals surface area (Å²) in [5.41, 5.74) is 6.20. The Kier molecular flexibility index (Phi) is 5.73. The van der Waals surface area contributed by atoms with Crippen molar-refractivity contribution in [3.63, 3.8) is 0 Å². The van der Waals surface area contributed by atoms with E-state index in [0.717, 1.165) is 32.0 Å². The maximum Gasteiger partial charge on any atom is 0.0558 e. The summed E-state index contributed by atoms with van der Waals surface area (Å²) in [7, 11) is 0. The standard InChI is InChI=1S/C13H28N2O/c1-3-7-15(8-9-16)13(11-14)6-4-5-12(2)10-13/h12,16H,3-11,14H2,1-2H3. The van der Waals surface area contributed by atoms with Gasteiger partial charge in [-0.3, -0.25) is 4.90 Å². The second kappa shape index (κ2) is 6.58. The summed E-state index contributed by atoms with van der Waals surface area (Å²) >= 11 is 0. The number of β-amino-alcohol motifs (C(OH)–C–C–N with tert-alkyl or cyclic N) is 1. The van der Waals surface area contributed by atoms with Crippen molar-refractivity contribution in [1.29, 1.82) is 0 Å². The van der Waals surface area contributed by atoms with Crippen molar-refractivity contribution in [3.8, 4) is 0 Å². The van der Waals surface area contributed by atoms with E-state index in [9.17, 15) is 5.11 Å². The smallest absolute Gasteiger partial charge is 0.0558 e. The molecule has 2 atom stereocenters. The number of rotatable bonds is 6. The van der Waals surface area contributed by atoms with Gasteiger partial charge < -0.3 is 10.8 Å². The summed E-state index contributed by atoms with van der Waals surface area (Å²) in [6, 6.07) is 0. The van der Waals surface area contributed by atoms with E-state index in [2.05, 4.69) is 18.7 Å². The molecule has 0 radical (unpaired) electrons. The zero-order valence-corrected chi connectivity index (χ0v) is 10.9. The molecule has 0 aromatic heterocycles. The molecule has 96 valence electrons. The molecule has 0 heterocycles. The third kappa shape index (κ3) is 3.19. The topological polar surface area (TPSA) is 49.5 Å². The van der Waals surface area contributed by atoms with Crippen LogP contribution >= 0.6 is 0 Å². The summed E-state index contributed by atoms with van der Waals surface area (Å²) in [6.45, 7) is 7.34. The lowest BCUT2D eigenvalue weighted by atomic mass is 9.75. The highest BCUT2D eigenvalue weighted by Crippen LogP contribution is 2.36. The Hall–Kier alpha value is -0.120. The van der Waals surface area contributed by atoms with Crippen LogP contribution < -0.4 is 5.73 Å². The summed E-state index contributed by atoms with van der Waals surface area (Å²) in [6.07, 6.45) is 6.15. The fourth-order valence-corrected chi connectivity index (χ4v) is 3.21. The van der Waals surface area contributed by atoms with Gasteiger partial charge in [0.1, 0.15) is 0 Å². The Labute approximate surface area is 100 Å². The molecule has 0 bridgehead atoms. The van der Waals surface area contributed by atoms with Crippen LogP contribution in [0.4, 0.5) is 0 Å². The van der Waals surface area contributed by atoms with E-state index >= 15 is 0 Å². The van der Waals surface area contributed by atoms with Crippen molar-refractivity contribution in [2.75, 3.05) is 26.2 Å². The molecular formula is C13H28N2O. The van der Waals surface area contributed by atoms with E-state index < -0.39 is 0 Å². The second-order valence-electron chi connectivity index (χ2n) is 5.34. The molecule has 1 aliphatic rings. The van der Waals surface area contributed by atoms with Crippen LogP contribution in [0.15, 0.2) is 0 Å². The first-order valence-electron chi connectivity index (χ1n) is 6.74. The molecule has 3 nitrogen and oxygen atoms in total. The molecule has 1 saturated carbocycles. The van der Waals surface area contributed by atoms with Gasteiger partial charge in [0.05, 0.1) is 6.61 Å². The first-order chi connectivity index (χ1) is 7.68. The predicted molar refractivity (Wildman–Crippen MR) is 68.4 cm³/mol. The summed E-state index contributed by atoms with van der Waals surface area (Å²) in [5, 5.41) is 9.19. The van der Waals surface area contributed by atoms with Crippen molar-refractivity contribution in [3.05, 3.63) is 0 Å². The molecule has 1 fully saturated rings. The van der Waals surface area contributed by atoms with Crippen LogP contribution in [0.5, 0.6) is 0 Å². The van der Waals surface area contributed by atoms with Gasteiger partial charge in [0.15, 0.2) is 0 Å². The molecule has 0 aromatic carbocycles. The van der Waals surface area contributed by atoms with Gasteiger partial charge in [-0.15, -0.1) is 0 Å². The van der Waals surface area contributed by atoms with Crippen LogP contribution in [-0.4, -0.2) is 41.8 Å². The molecule has 0 spiro atoms. The molecule has 1 rings (SSSR count).